The summed E-state index contributed by atoms with van der Waals surface area (Å²) in [5, 5.41) is 5.61. The maximum Gasteiger partial charge on any atom is 0.435 e. The fourth-order valence-corrected chi connectivity index (χ4v) is 2.51. The van der Waals surface area contributed by atoms with Gasteiger partial charge in [0.15, 0.2) is 5.69 Å². The zero-order valence-corrected chi connectivity index (χ0v) is 14.8. The number of amides is 1. The van der Waals surface area contributed by atoms with Crippen LogP contribution in [0.25, 0.3) is 5.69 Å². The number of rotatable bonds is 3. The fourth-order valence-electron chi connectivity index (χ4n) is 2.51. The Morgan fingerprint density at radius 2 is 1.48 bits per heavy atom. The third kappa shape index (κ3) is 4.58. The van der Waals surface area contributed by atoms with Gasteiger partial charge in [0.2, 0.25) is 0 Å². The van der Waals surface area contributed by atoms with Crippen molar-refractivity contribution in [3.8, 4) is 5.69 Å². The van der Waals surface area contributed by atoms with E-state index in [1.54, 1.807) is 24.3 Å². The first kappa shape index (κ1) is 20.4. The van der Waals surface area contributed by atoms with Gasteiger partial charge in [0, 0.05) is 17.3 Å². The van der Waals surface area contributed by atoms with Gasteiger partial charge in [0.25, 0.3) is 5.91 Å². The van der Waals surface area contributed by atoms with Gasteiger partial charge >= 0.3 is 12.4 Å². The molecule has 0 aliphatic rings. The molecule has 10 heteroatoms. The van der Waals surface area contributed by atoms with E-state index in [1.807, 2.05) is 6.92 Å². The molecule has 0 spiro atoms. The summed E-state index contributed by atoms with van der Waals surface area (Å²) in [5.74, 6) is -0.438. The minimum Gasteiger partial charge on any atom is -0.322 e. The minimum atomic E-state index is -5.03. The van der Waals surface area contributed by atoms with Gasteiger partial charge in [0.05, 0.1) is 5.69 Å². The second kappa shape index (κ2) is 7.26. The van der Waals surface area contributed by atoms with Crippen LogP contribution >= 0.6 is 0 Å². The van der Waals surface area contributed by atoms with Crippen LogP contribution in [0.15, 0.2) is 54.6 Å². The molecule has 0 unspecified atom stereocenters. The van der Waals surface area contributed by atoms with Crippen LogP contribution < -0.4 is 5.32 Å². The van der Waals surface area contributed by atoms with E-state index in [0.29, 0.717) is 5.56 Å². The number of hydrogen-bond acceptors (Lipinski definition) is 2. The highest BCUT2D eigenvalue weighted by Gasteiger charge is 2.42. The van der Waals surface area contributed by atoms with Crippen LogP contribution in [0.2, 0.25) is 0 Å². The Bertz CT molecular complexity index is 1020. The number of aryl methyl sites for hydroxylation is 1. The molecule has 152 valence electrons. The lowest BCUT2D eigenvalue weighted by Gasteiger charge is -2.11. The number of carbonyl (C=O) groups is 1. The molecule has 0 saturated heterocycles. The smallest absolute Gasteiger partial charge is 0.322 e. The van der Waals surface area contributed by atoms with E-state index in [0.717, 1.165) is 17.7 Å². The number of halogens is 6. The van der Waals surface area contributed by atoms with Crippen LogP contribution in [0, 0.1) is 6.92 Å². The first-order chi connectivity index (χ1) is 13.4. The Labute approximate surface area is 160 Å². The van der Waals surface area contributed by atoms with Crippen LogP contribution in [-0.4, -0.2) is 15.7 Å². The number of anilines is 1. The van der Waals surface area contributed by atoms with Gasteiger partial charge in [-0.25, -0.2) is 4.68 Å². The Kier molecular flexibility index (Phi) is 5.12. The summed E-state index contributed by atoms with van der Waals surface area (Å²) in [4.78, 5) is 12.2. The average molecular weight is 413 g/mol. The molecule has 1 heterocycles. The standard InChI is InChI=1S/C19H13F6N3O/c1-11-2-4-12(5-3-11)17(29)26-13-6-8-14(9-7-13)28-16(19(23,24)25)10-15(27-28)18(20,21)22/h2-10H,1H3,(H,26,29). The lowest BCUT2D eigenvalue weighted by atomic mass is 10.1. The fraction of sp³-hybridized carbons (Fsp3) is 0.158. The normalized spacial score (nSPS) is 12.1. The van der Waals surface area contributed by atoms with Crippen LogP contribution in [0.1, 0.15) is 27.3 Å². The summed E-state index contributed by atoms with van der Waals surface area (Å²) < 4.78 is 77.9. The molecule has 29 heavy (non-hydrogen) atoms. The molecule has 0 aliphatic heterocycles. The molecule has 0 radical (unpaired) electrons. The van der Waals surface area contributed by atoms with Gasteiger partial charge in [-0.3, -0.25) is 4.79 Å². The molecule has 1 N–H and O–H groups in total. The van der Waals surface area contributed by atoms with Crippen molar-refractivity contribution in [1.82, 2.24) is 9.78 Å². The van der Waals surface area contributed by atoms with Crippen LogP contribution in [0.3, 0.4) is 0 Å². The van der Waals surface area contributed by atoms with Crippen molar-refractivity contribution >= 4 is 11.6 Å². The number of hydrogen-bond donors (Lipinski definition) is 1. The molecule has 0 aliphatic carbocycles. The Morgan fingerprint density at radius 1 is 0.897 bits per heavy atom. The van der Waals surface area contributed by atoms with Crippen molar-refractivity contribution in [1.29, 1.82) is 0 Å². The largest absolute Gasteiger partial charge is 0.435 e. The first-order valence-corrected chi connectivity index (χ1v) is 8.18. The van der Waals surface area contributed by atoms with Gasteiger partial charge in [-0.1, -0.05) is 17.7 Å². The maximum absolute atomic E-state index is 13.1. The van der Waals surface area contributed by atoms with E-state index in [9.17, 15) is 31.1 Å². The van der Waals surface area contributed by atoms with E-state index in [4.69, 9.17) is 0 Å². The molecule has 4 nitrogen and oxygen atoms in total. The number of carbonyl (C=O) groups excluding carboxylic acids is 1. The Morgan fingerprint density at radius 3 is 2.00 bits per heavy atom. The van der Waals surface area contributed by atoms with Gasteiger partial charge in [-0.15, -0.1) is 0 Å². The van der Waals surface area contributed by atoms with E-state index in [2.05, 4.69) is 10.4 Å². The average Bonchev–Trinajstić information content (AvgIpc) is 3.09. The minimum absolute atomic E-state index is 0.0485. The summed E-state index contributed by atoms with van der Waals surface area (Å²) in [6.45, 7) is 1.86. The second-order valence-corrected chi connectivity index (χ2v) is 6.19. The Hall–Kier alpha value is -3.30. The van der Waals surface area contributed by atoms with E-state index >= 15 is 0 Å². The predicted octanol–water partition coefficient (Wildman–Crippen LogP) is 5.47. The molecule has 2 aromatic carbocycles. The topological polar surface area (TPSA) is 46.9 Å². The van der Waals surface area contributed by atoms with Crippen molar-refractivity contribution in [3.05, 3.63) is 77.1 Å². The number of nitrogens with zero attached hydrogens (tertiary/aromatic N) is 2. The van der Waals surface area contributed by atoms with E-state index in [-0.39, 0.29) is 22.1 Å². The van der Waals surface area contributed by atoms with E-state index in [1.165, 1.54) is 12.1 Å². The summed E-state index contributed by atoms with van der Waals surface area (Å²) >= 11 is 0. The maximum atomic E-state index is 13.1. The molecule has 0 bridgehead atoms. The van der Waals surface area contributed by atoms with Gasteiger partial charge in [-0.2, -0.15) is 31.4 Å². The van der Waals surface area contributed by atoms with Crippen molar-refractivity contribution in [3.63, 3.8) is 0 Å². The SMILES string of the molecule is Cc1ccc(C(=O)Nc2ccc(-n3nc(C(F)(F)F)cc3C(F)(F)F)cc2)cc1. The van der Waals surface area contributed by atoms with Gasteiger partial charge in [-0.05, 0) is 43.3 Å². The van der Waals surface area contributed by atoms with E-state index < -0.39 is 29.6 Å². The molecule has 1 aromatic heterocycles. The van der Waals surface area contributed by atoms with Crippen molar-refractivity contribution in [2.24, 2.45) is 0 Å². The zero-order valence-electron chi connectivity index (χ0n) is 14.8. The third-order valence-corrected chi connectivity index (χ3v) is 3.97. The summed E-state index contributed by atoms with van der Waals surface area (Å²) in [6, 6.07) is 11.5. The molecule has 1 amide bonds. The lowest BCUT2D eigenvalue weighted by molar-refractivity contribution is -0.143. The molecular weight excluding hydrogens is 400 g/mol. The van der Waals surface area contributed by atoms with Gasteiger partial charge < -0.3 is 5.32 Å². The van der Waals surface area contributed by atoms with Gasteiger partial charge in [0.1, 0.15) is 5.69 Å². The number of nitrogens with one attached hydrogen (secondary N) is 1. The van der Waals surface area contributed by atoms with Crippen LogP contribution in [-0.2, 0) is 12.4 Å². The number of aromatic nitrogens is 2. The monoisotopic (exact) mass is 413 g/mol. The summed E-state index contributed by atoms with van der Waals surface area (Å²) in [5.41, 5.74) is -1.84. The highest BCUT2D eigenvalue weighted by molar-refractivity contribution is 6.04. The van der Waals surface area contributed by atoms with Crippen molar-refractivity contribution in [2.75, 3.05) is 5.32 Å². The van der Waals surface area contributed by atoms with Crippen LogP contribution in [0.5, 0.6) is 0 Å². The van der Waals surface area contributed by atoms with Crippen LogP contribution in [0.4, 0.5) is 32.0 Å². The molecule has 3 rings (SSSR count). The molecular formula is C19H13F6N3O. The Balaban J connectivity index is 1.87. The zero-order chi connectivity index (χ0) is 21.4. The molecule has 3 aromatic rings. The molecule has 0 atom stereocenters. The quantitative estimate of drug-likeness (QED) is 0.579. The summed E-state index contributed by atoms with van der Waals surface area (Å²) in [7, 11) is 0. The number of alkyl halides is 6. The first-order valence-electron chi connectivity index (χ1n) is 8.18. The highest BCUT2D eigenvalue weighted by Crippen LogP contribution is 2.36. The lowest BCUT2D eigenvalue weighted by Crippen LogP contribution is -2.14. The number of benzene rings is 2. The second-order valence-electron chi connectivity index (χ2n) is 6.19. The summed E-state index contributed by atoms with van der Waals surface area (Å²) in [6.07, 6.45) is -10.1. The predicted molar refractivity (Wildman–Crippen MR) is 92.7 cm³/mol. The van der Waals surface area contributed by atoms with Crippen molar-refractivity contribution in [2.45, 2.75) is 19.3 Å². The molecule has 0 fully saturated rings. The third-order valence-electron chi connectivity index (χ3n) is 3.97. The molecule has 0 saturated carbocycles. The van der Waals surface area contributed by atoms with Crippen molar-refractivity contribution < 1.29 is 31.1 Å². The highest BCUT2D eigenvalue weighted by atomic mass is 19.4.